The van der Waals surface area contributed by atoms with Crippen LogP contribution in [0.4, 0.5) is 0 Å². The molecule has 2 fully saturated rings. The predicted octanol–water partition coefficient (Wildman–Crippen LogP) is 2.91. The lowest BCUT2D eigenvalue weighted by molar-refractivity contribution is -0.161. The molecular weight excluding hydrogens is 528 g/mol. The van der Waals surface area contributed by atoms with Crippen LogP contribution in [0.2, 0.25) is 0 Å². The molecule has 10 nitrogen and oxygen atoms in total. The SMILES string of the molecule is COC[C@H]1OC(=O)/C(=C/N(CCN(C)C)C(C)(C)C)C2=C(O)C(=O)C3=C([C@H](OC(C)=O)C[C@@]4(C)C3CC[C@@H]4O)[C@]21C. The zero-order valence-corrected chi connectivity index (χ0v) is 25.9. The zero-order chi connectivity index (χ0) is 30.7. The van der Waals surface area contributed by atoms with E-state index in [1.807, 2.05) is 58.5 Å². The molecule has 41 heavy (non-hydrogen) atoms. The number of aliphatic hydroxyl groups is 2. The number of hydrogen-bond donors (Lipinski definition) is 2. The molecule has 1 aliphatic heterocycles. The van der Waals surface area contributed by atoms with Crippen LogP contribution in [0, 0.1) is 16.7 Å². The highest BCUT2D eigenvalue weighted by molar-refractivity contribution is 6.13. The summed E-state index contributed by atoms with van der Waals surface area (Å²) in [6.45, 7) is 12.4. The summed E-state index contributed by atoms with van der Waals surface area (Å²) in [5, 5.41) is 22.7. The van der Waals surface area contributed by atoms with Crippen molar-refractivity contribution in [3.8, 4) is 0 Å². The van der Waals surface area contributed by atoms with Crippen molar-refractivity contribution >= 4 is 17.7 Å². The van der Waals surface area contributed by atoms with Gasteiger partial charge >= 0.3 is 11.9 Å². The van der Waals surface area contributed by atoms with Crippen molar-refractivity contribution in [2.24, 2.45) is 16.7 Å². The third-order valence-corrected chi connectivity index (χ3v) is 9.59. The third kappa shape index (κ3) is 5.12. The van der Waals surface area contributed by atoms with Crippen molar-refractivity contribution < 1.29 is 38.8 Å². The highest BCUT2D eigenvalue weighted by atomic mass is 16.6. The molecule has 0 amide bonds. The van der Waals surface area contributed by atoms with Crippen LogP contribution in [-0.4, -0.2) is 102 Å². The van der Waals surface area contributed by atoms with Crippen molar-refractivity contribution in [1.29, 1.82) is 0 Å². The van der Waals surface area contributed by atoms with Gasteiger partial charge in [-0.1, -0.05) is 6.92 Å². The van der Waals surface area contributed by atoms with Crippen molar-refractivity contribution in [1.82, 2.24) is 9.80 Å². The van der Waals surface area contributed by atoms with Crippen LogP contribution in [0.5, 0.6) is 0 Å². The van der Waals surface area contributed by atoms with Crippen LogP contribution in [0.15, 0.2) is 34.3 Å². The van der Waals surface area contributed by atoms with E-state index < -0.39 is 58.2 Å². The van der Waals surface area contributed by atoms with Gasteiger partial charge in [0.15, 0.2) is 5.76 Å². The van der Waals surface area contributed by atoms with E-state index in [2.05, 4.69) is 0 Å². The van der Waals surface area contributed by atoms with E-state index in [0.717, 1.165) is 0 Å². The highest BCUT2D eigenvalue weighted by Gasteiger charge is 2.64. The van der Waals surface area contributed by atoms with Gasteiger partial charge in [-0.2, -0.15) is 0 Å². The number of methoxy groups -OCH3 is 1. The number of ether oxygens (including phenoxy) is 3. The fourth-order valence-electron chi connectivity index (χ4n) is 7.33. The number of allylic oxidation sites excluding steroid dienone is 1. The lowest BCUT2D eigenvalue weighted by Crippen LogP contribution is -2.57. The van der Waals surface area contributed by atoms with Gasteiger partial charge in [-0.15, -0.1) is 0 Å². The molecule has 0 radical (unpaired) electrons. The number of cyclic esters (lactones) is 1. The van der Waals surface area contributed by atoms with Crippen molar-refractivity contribution in [3.63, 3.8) is 0 Å². The molecule has 1 unspecified atom stereocenters. The summed E-state index contributed by atoms with van der Waals surface area (Å²) in [5.41, 5.74) is -1.22. The van der Waals surface area contributed by atoms with Gasteiger partial charge in [0.1, 0.15) is 12.2 Å². The van der Waals surface area contributed by atoms with Gasteiger partial charge in [0.05, 0.1) is 23.7 Å². The zero-order valence-electron chi connectivity index (χ0n) is 25.9. The lowest BCUT2D eigenvalue weighted by atomic mass is 9.53. The van der Waals surface area contributed by atoms with Crippen LogP contribution in [0.25, 0.3) is 0 Å². The summed E-state index contributed by atoms with van der Waals surface area (Å²) in [4.78, 5) is 44.3. The molecule has 6 atom stereocenters. The summed E-state index contributed by atoms with van der Waals surface area (Å²) in [6.07, 6.45) is 0.569. The van der Waals surface area contributed by atoms with Gasteiger partial charge in [0.25, 0.3) is 0 Å². The summed E-state index contributed by atoms with van der Waals surface area (Å²) in [7, 11) is 5.42. The smallest absolute Gasteiger partial charge is 0.340 e. The number of esters is 2. The van der Waals surface area contributed by atoms with Gasteiger partial charge in [-0.05, 0) is 72.5 Å². The van der Waals surface area contributed by atoms with Crippen LogP contribution in [0.3, 0.4) is 0 Å². The van der Waals surface area contributed by atoms with E-state index in [-0.39, 0.29) is 23.7 Å². The molecule has 1 saturated carbocycles. The Morgan fingerprint density at radius 3 is 2.39 bits per heavy atom. The predicted molar refractivity (Wildman–Crippen MR) is 152 cm³/mol. The second-order valence-electron chi connectivity index (χ2n) is 13.6. The topological polar surface area (TPSA) is 126 Å². The largest absolute Gasteiger partial charge is 0.504 e. The molecule has 1 saturated heterocycles. The minimum atomic E-state index is -1.23. The number of carbonyl (C=O) groups is 3. The number of likely N-dealkylation sites (N-methyl/N-ethyl adjacent to an activating group) is 1. The minimum Gasteiger partial charge on any atom is -0.504 e. The summed E-state index contributed by atoms with van der Waals surface area (Å²) < 4.78 is 17.4. The average molecular weight is 575 g/mol. The Balaban J connectivity index is 1.99. The molecule has 4 rings (SSSR count). The van der Waals surface area contributed by atoms with Crippen molar-refractivity contribution in [2.45, 2.75) is 84.7 Å². The summed E-state index contributed by atoms with van der Waals surface area (Å²) >= 11 is 0. The first kappa shape index (κ1) is 31.3. The summed E-state index contributed by atoms with van der Waals surface area (Å²) in [5.74, 6) is -2.65. The monoisotopic (exact) mass is 574 g/mol. The van der Waals surface area contributed by atoms with Gasteiger partial charge in [0, 0.05) is 55.4 Å². The molecule has 1 heterocycles. The lowest BCUT2D eigenvalue weighted by Gasteiger charge is -2.54. The molecule has 0 bridgehead atoms. The maximum atomic E-state index is 14.2. The molecule has 0 aromatic carbocycles. The Morgan fingerprint density at radius 2 is 1.83 bits per heavy atom. The minimum absolute atomic E-state index is 0.00175. The molecule has 4 aliphatic rings. The van der Waals surface area contributed by atoms with Crippen LogP contribution in [-0.2, 0) is 28.6 Å². The van der Waals surface area contributed by atoms with Crippen LogP contribution in [0.1, 0.15) is 60.8 Å². The molecular formula is C31H46N2O8. The van der Waals surface area contributed by atoms with Crippen LogP contribution < -0.4 is 0 Å². The van der Waals surface area contributed by atoms with E-state index in [1.165, 1.54) is 14.0 Å². The maximum absolute atomic E-state index is 14.2. The molecule has 228 valence electrons. The Labute approximate surface area is 243 Å². The Kier molecular flexibility index (Phi) is 8.28. The second-order valence-corrected chi connectivity index (χ2v) is 13.6. The van der Waals surface area contributed by atoms with E-state index in [1.54, 1.807) is 6.20 Å². The highest BCUT2D eigenvalue weighted by Crippen LogP contribution is 2.63. The number of ketones is 1. The standard InChI is InChI=1S/C31H46N2O8/c1-17(34)40-20-14-30(5)19(10-11-21(30)35)23-25(20)31(6)22(16-39-9)41-28(38)18(24(31)27(37)26(23)36)15-33(29(2,3)4)13-12-32(7)8/h15,19-22,35,37H,10-14,16H2,1-9H3/b18-15+/t19?,20-,21+,22-,30+,31+/m1/s1. The normalized spacial score (nSPS) is 34.5. The number of carbonyl (C=O) groups excluding carboxylic acids is 3. The molecule has 3 aliphatic carbocycles. The first-order valence-electron chi connectivity index (χ1n) is 14.4. The van der Waals surface area contributed by atoms with Crippen molar-refractivity contribution in [2.75, 3.05) is 40.9 Å². The number of fused-ring (bicyclic) bond motifs is 4. The van der Waals surface area contributed by atoms with Gasteiger partial charge in [0.2, 0.25) is 5.78 Å². The quantitative estimate of drug-likeness (QED) is 0.346. The van der Waals surface area contributed by atoms with E-state index in [0.29, 0.717) is 43.5 Å². The fourth-order valence-corrected chi connectivity index (χ4v) is 7.33. The third-order valence-electron chi connectivity index (χ3n) is 9.59. The summed E-state index contributed by atoms with van der Waals surface area (Å²) in [6, 6.07) is 0. The Hall–Kier alpha value is -2.69. The molecule has 0 spiro atoms. The molecule has 0 aromatic rings. The number of Topliss-reactive ketones (excluding diaryl/α,β-unsaturated/α-hetero) is 1. The van der Waals surface area contributed by atoms with Crippen molar-refractivity contribution in [3.05, 3.63) is 34.3 Å². The number of rotatable bonds is 7. The van der Waals surface area contributed by atoms with Gasteiger partial charge in [-0.25, -0.2) is 4.79 Å². The maximum Gasteiger partial charge on any atom is 0.340 e. The van der Waals surface area contributed by atoms with E-state index in [4.69, 9.17) is 14.2 Å². The second kappa shape index (κ2) is 10.9. The van der Waals surface area contributed by atoms with Gasteiger partial charge in [-0.3, -0.25) is 9.59 Å². The van der Waals surface area contributed by atoms with E-state index >= 15 is 0 Å². The average Bonchev–Trinajstić information content (AvgIpc) is 3.14. The molecule has 10 heteroatoms. The molecule has 0 aromatic heterocycles. The van der Waals surface area contributed by atoms with Gasteiger partial charge < -0.3 is 34.2 Å². The number of nitrogens with zero attached hydrogens (tertiary/aromatic N) is 2. The fraction of sp³-hybridized carbons (Fsp3) is 0.710. The number of hydrogen-bond acceptors (Lipinski definition) is 10. The first-order valence-corrected chi connectivity index (χ1v) is 14.4. The first-order chi connectivity index (χ1) is 19.0. The molecule has 2 N–H and O–H groups in total. The van der Waals surface area contributed by atoms with Crippen LogP contribution >= 0.6 is 0 Å². The number of aliphatic hydroxyl groups excluding tert-OH is 2. The Bertz CT molecular complexity index is 1210. The Morgan fingerprint density at radius 1 is 1.17 bits per heavy atom. The van der Waals surface area contributed by atoms with E-state index in [9.17, 15) is 24.6 Å².